The molecule has 222 valence electrons. The SMILES string of the molecule is Cc1cccc(C)c1-n1c(C)cc([C@@H]2[C@H](c3ccccn3)NC(=S)N2c2ccc(NC(=O)COc3ccccc3)cc2)c1C. The van der Waals surface area contributed by atoms with E-state index in [9.17, 15) is 4.79 Å². The molecule has 1 amide bonds. The number of rotatable bonds is 8. The summed E-state index contributed by atoms with van der Waals surface area (Å²) in [5.41, 5.74) is 9.66. The lowest BCUT2D eigenvalue weighted by molar-refractivity contribution is -0.118. The van der Waals surface area contributed by atoms with Crippen molar-refractivity contribution in [2.45, 2.75) is 39.8 Å². The van der Waals surface area contributed by atoms with Crippen molar-refractivity contribution in [3.05, 3.63) is 137 Å². The number of ether oxygens (including phenoxy) is 1. The number of anilines is 2. The summed E-state index contributed by atoms with van der Waals surface area (Å²) >= 11 is 5.97. The van der Waals surface area contributed by atoms with Gasteiger partial charge in [0.25, 0.3) is 5.91 Å². The zero-order valence-electron chi connectivity index (χ0n) is 25.2. The predicted octanol–water partition coefficient (Wildman–Crippen LogP) is 7.30. The van der Waals surface area contributed by atoms with Crippen LogP contribution >= 0.6 is 12.2 Å². The van der Waals surface area contributed by atoms with E-state index < -0.39 is 0 Å². The smallest absolute Gasteiger partial charge is 0.262 e. The van der Waals surface area contributed by atoms with Crippen molar-refractivity contribution in [2.75, 3.05) is 16.8 Å². The first kappa shape index (κ1) is 29.1. The third kappa shape index (κ3) is 5.68. The number of para-hydroxylation sites is 2. The first-order valence-corrected chi connectivity index (χ1v) is 15.1. The van der Waals surface area contributed by atoms with E-state index in [1.807, 2.05) is 79.0 Å². The predicted molar refractivity (Wildman–Crippen MR) is 180 cm³/mol. The van der Waals surface area contributed by atoms with Gasteiger partial charge in [-0.25, -0.2) is 0 Å². The summed E-state index contributed by atoms with van der Waals surface area (Å²) in [5, 5.41) is 7.11. The number of aromatic nitrogens is 2. The molecule has 0 aliphatic carbocycles. The number of amides is 1. The Morgan fingerprint density at radius 1 is 0.909 bits per heavy atom. The summed E-state index contributed by atoms with van der Waals surface area (Å²) in [4.78, 5) is 19.4. The van der Waals surface area contributed by atoms with Crippen LogP contribution in [0.15, 0.2) is 103 Å². The van der Waals surface area contributed by atoms with Gasteiger partial charge in [0.05, 0.1) is 23.5 Å². The van der Waals surface area contributed by atoms with Crippen LogP contribution in [0, 0.1) is 27.7 Å². The number of thiocarbonyl (C=S) groups is 1. The minimum absolute atomic E-state index is 0.0737. The number of hydrogen-bond donors (Lipinski definition) is 2. The van der Waals surface area contributed by atoms with Gasteiger partial charge in [-0.15, -0.1) is 0 Å². The number of hydrogen-bond acceptors (Lipinski definition) is 4. The molecular weight excluding hydrogens is 566 g/mol. The van der Waals surface area contributed by atoms with Crippen LogP contribution in [0.1, 0.15) is 45.9 Å². The highest BCUT2D eigenvalue weighted by Gasteiger charge is 2.42. The lowest BCUT2D eigenvalue weighted by atomic mass is 9.96. The summed E-state index contributed by atoms with van der Waals surface area (Å²) in [6.07, 6.45) is 1.82. The fraction of sp³-hybridized carbons (Fsp3) is 0.194. The number of nitrogens with one attached hydrogen (secondary N) is 2. The monoisotopic (exact) mass is 601 g/mol. The maximum atomic E-state index is 12.6. The molecule has 0 radical (unpaired) electrons. The van der Waals surface area contributed by atoms with Crippen molar-refractivity contribution in [3.63, 3.8) is 0 Å². The number of carbonyl (C=O) groups is 1. The van der Waals surface area contributed by atoms with Crippen LogP contribution in [0.4, 0.5) is 11.4 Å². The molecule has 0 saturated carbocycles. The van der Waals surface area contributed by atoms with Crippen LogP contribution in [0.5, 0.6) is 5.75 Å². The Labute approximate surface area is 263 Å². The van der Waals surface area contributed by atoms with Gasteiger partial charge in [0.2, 0.25) is 0 Å². The Morgan fingerprint density at radius 3 is 2.30 bits per heavy atom. The molecule has 3 heterocycles. The summed E-state index contributed by atoms with van der Waals surface area (Å²) in [7, 11) is 0. The molecule has 0 bridgehead atoms. The highest BCUT2D eigenvalue weighted by molar-refractivity contribution is 7.80. The van der Waals surface area contributed by atoms with Gasteiger partial charge < -0.3 is 24.8 Å². The number of nitrogens with zero attached hydrogens (tertiary/aromatic N) is 3. The van der Waals surface area contributed by atoms with Crippen LogP contribution in [0.25, 0.3) is 5.69 Å². The highest BCUT2D eigenvalue weighted by Crippen LogP contribution is 2.44. The molecule has 7 nitrogen and oxygen atoms in total. The number of carbonyl (C=O) groups excluding carboxylic acids is 1. The second kappa shape index (κ2) is 12.3. The van der Waals surface area contributed by atoms with E-state index in [-0.39, 0.29) is 24.6 Å². The minimum Gasteiger partial charge on any atom is -0.484 e. The van der Waals surface area contributed by atoms with Gasteiger partial charge in [0.15, 0.2) is 11.7 Å². The number of pyridine rings is 1. The van der Waals surface area contributed by atoms with E-state index >= 15 is 0 Å². The molecule has 1 aliphatic heterocycles. The van der Waals surface area contributed by atoms with Crippen LogP contribution in [-0.2, 0) is 4.79 Å². The molecular formula is C36H35N5O2S. The first-order chi connectivity index (χ1) is 21.3. The maximum Gasteiger partial charge on any atom is 0.262 e. The molecule has 2 atom stereocenters. The number of aryl methyl sites for hydroxylation is 3. The molecule has 44 heavy (non-hydrogen) atoms. The van der Waals surface area contributed by atoms with E-state index in [2.05, 4.69) is 72.1 Å². The van der Waals surface area contributed by atoms with Crippen LogP contribution in [-0.4, -0.2) is 27.2 Å². The zero-order chi connectivity index (χ0) is 30.8. The molecule has 0 unspecified atom stereocenters. The van der Waals surface area contributed by atoms with Crippen molar-refractivity contribution in [1.29, 1.82) is 0 Å². The van der Waals surface area contributed by atoms with Crippen molar-refractivity contribution in [3.8, 4) is 11.4 Å². The number of benzene rings is 3. The Morgan fingerprint density at radius 2 is 1.61 bits per heavy atom. The van der Waals surface area contributed by atoms with Gasteiger partial charge in [-0.3, -0.25) is 9.78 Å². The standard InChI is InChI=1S/C36H35N5O2S/c1-23-11-10-12-24(2)34(23)40-25(3)21-30(26(40)4)35-33(31-15-8-9-20-37-31)39-36(44)41(35)28-18-16-27(17-19-28)38-32(42)22-43-29-13-6-5-7-14-29/h5-21,33,35H,22H2,1-4H3,(H,38,42)(H,39,44)/t33-,35+/m0/s1. The normalized spacial score (nSPS) is 16.1. The Kier molecular flexibility index (Phi) is 8.17. The summed E-state index contributed by atoms with van der Waals surface area (Å²) in [5.74, 6) is 0.422. The molecule has 1 aliphatic rings. The average molecular weight is 602 g/mol. The van der Waals surface area contributed by atoms with Gasteiger partial charge in [-0.2, -0.15) is 0 Å². The first-order valence-electron chi connectivity index (χ1n) is 14.7. The highest BCUT2D eigenvalue weighted by atomic mass is 32.1. The quantitative estimate of drug-likeness (QED) is 0.182. The van der Waals surface area contributed by atoms with Gasteiger partial charge in [-0.05, 0) is 111 Å². The Balaban J connectivity index is 1.33. The van der Waals surface area contributed by atoms with Crippen LogP contribution in [0.3, 0.4) is 0 Å². The van der Waals surface area contributed by atoms with Gasteiger partial charge >= 0.3 is 0 Å². The largest absolute Gasteiger partial charge is 0.484 e. The van der Waals surface area contributed by atoms with E-state index in [1.54, 1.807) is 0 Å². The summed E-state index contributed by atoms with van der Waals surface area (Å²) in [6.45, 7) is 8.58. The molecule has 6 rings (SSSR count). The second-order valence-electron chi connectivity index (χ2n) is 11.1. The van der Waals surface area contributed by atoms with Crippen molar-refractivity contribution in [1.82, 2.24) is 14.9 Å². The van der Waals surface area contributed by atoms with Crippen molar-refractivity contribution >= 4 is 34.6 Å². The lowest BCUT2D eigenvalue weighted by Crippen LogP contribution is -2.29. The third-order valence-electron chi connectivity index (χ3n) is 8.09. The molecule has 2 N–H and O–H groups in total. The van der Waals surface area contributed by atoms with Gasteiger partial charge in [0, 0.05) is 29.0 Å². The topological polar surface area (TPSA) is 71.4 Å². The van der Waals surface area contributed by atoms with E-state index in [0.717, 1.165) is 22.8 Å². The summed E-state index contributed by atoms with van der Waals surface area (Å²) in [6, 6.07) is 31.4. The molecule has 2 aromatic heterocycles. The Hall–Kier alpha value is -4.95. The van der Waals surface area contributed by atoms with E-state index in [4.69, 9.17) is 21.9 Å². The fourth-order valence-corrected chi connectivity index (χ4v) is 6.45. The lowest BCUT2D eigenvalue weighted by Gasteiger charge is -2.28. The molecule has 0 spiro atoms. The van der Waals surface area contributed by atoms with Crippen molar-refractivity contribution < 1.29 is 9.53 Å². The third-order valence-corrected chi connectivity index (χ3v) is 8.41. The Bertz CT molecular complexity index is 1780. The van der Waals surface area contributed by atoms with Gasteiger partial charge in [-0.1, -0.05) is 42.5 Å². The fourth-order valence-electron chi connectivity index (χ4n) is 6.11. The molecule has 1 saturated heterocycles. The minimum atomic E-state index is -0.230. The second-order valence-corrected chi connectivity index (χ2v) is 11.5. The molecule has 5 aromatic rings. The molecule has 3 aromatic carbocycles. The average Bonchev–Trinajstić information content (AvgIpc) is 3.52. The zero-order valence-corrected chi connectivity index (χ0v) is 26.1. The molecule has 1 fully saturated rings. The summed E-state index contributed by atoms with van der Waals surface area (Å²) < 4.78 is 7.94. The van der Waals surface area contributed by atoms with Crippen LogP contribution in [0.2, 0.25) is 0 Å². The van der Waals surface area contributed by atoms with E-state index in [1.165, 1.54) is 22.4 Å². The van der Waals surface area contributed by atoms with Gasteiger partial charge in [0.1, 0.15) is 5.75 Å². The van der Waals surface area contributed by atoms with Crippen molar-refractivity contribution in [2.24, 2.45) is 0 Å². The molecule has 8 heteroatoms. The van der Waals surface area contributed by atoms with E-state index in [0.29, 0.717) is 16.5 Å². The van der Waals surface area contributed by atoms with Crippen LogP contribution < -0.4 is 20.3 Å². The maximum absolute atomic E-state index is 12.6.